The van der Waals surface area contributed by atoms with Crippen LogP contribution < -0.4 is 0 Å². The van der Waals surface area contributed by atoms with Crippen molar-refractivity contribution in [2.45, 2.75) is 31.3 Å². The lowest BCUT2D eigenvalue weighted by molar-refractivity contribution is -0.199. The Hall–Kier alpha value is -0.650. The van der Waals surface area contributed by atoms with E-state index in [4.69, 9.17) is 15.3 Å². The maximum Gasteiger partial charge on any atom is 0.338 e. The molecule has 5 nitrogen and oxygen atoms in total. The van der Waals surface area contributed by atoms with E-state index in [-0.39, 0.29) is 0 Å². The van der Waals surface area contributed by atoms with Gasteiger partial charge in [-0.25, -0.2) is 4.79 Å². The molecule has 0 saturated carbocycles. The van der Waals surface area contributed by atoms with Crippen LogP contribution in [-0.4, -0.2) is 45.7 Å². The zero-order chi connectivity index (χ0) is 8.59. The van der Waals surface area contributed by atoms with Gasteiger partial charge >= 0.3 is 5.97 Å². The fraction of sp³-hybridized carbons (Fsp3) is 0.833. The van der Waals surface area contributed by atoms with Crippen molar-refractivity contribution < 1.29 is 24.9 Å². The molecule has 11 heavy (non-hydrogen) atoms. The van der Waals surface area contributed by atoms with Gasteiger partial charge in [0.25, 0.3) is 0 Å². The average Bonchev–Trinajstić information content (AvgIpc) is 1.97. The molecule has 1 rings (SSSR count). The number of aliphatic hydroxyl groups excluding tert-OH is 3. The summed E-state index contributed by atoms with van der Waals surface area (Å²) in [6, 6.07) is 0. The second kappa shape index (κ2) is 2.77. The summed E-state index contributed by atoms with van der Waals surface area (Å²) < 4.78 is 4.48. The van der Waals surface area contributed by atoms with Crippen molar-refractivity contribution in [1.29, 1.82) is 0 Å². The molecule has 1 heterocycles. The molecule has 0 bridgehead atoms. The van der Waals surface area contributed by atoms with Gasteiger partial charge < -0.3 is 20.1 Å². The van der Waals surface area contributed by atoms with E-state index in [1.54, 1.807) is 0 Å². The van der Waals surface area contributed by atoms with Crippen LogP contribution in [0.1, 0.15) is 6.92 Å². The Morgan fingerprint density at radius 1 is 1.27 bits per heavy atom. The van der Waals surface area contributed by atoms with Crippen LogP contribution in [-0.2, 0) is 9.53 Å². The van der Waals surface area contributed by atoms with E-state index in [1.807, 2.05) is 0 Å². The third-order valence-electron chi connectivity index (χ3n) is 1.70. The minimum Gasteiger partial charge on any atom is -0.458 e. The molecule has 0 aromatic rings. The Labute approximate surface area is 63.2 Å². The largest absolute Gasteiger partial charge is 0.458 e. The SMILES string of the molecule is C[C@H]1OC(=O)[C@H](O)[C@@H](O)[C@@H]1O. The second-order valence-corrected chi connectivity index (χ2v) is 2.57. The zero-order valence-corrected chi connectivity index (χ0v) is 5.97. The summed E-state index contributed by atoms with van der Waals surface area (Å²) in [5.74, 6) is -0.893. The summed E-state index contributed by atoms with van der Waals surface area (Å²) in [4.78, 5) is 10.6. The van der Waals surface area contributed by atoms with Crippen LogP contribution in [0.15, 0.2) is 0 Å². The van der Waals surface area contributed by atoms with Crippen LogP contribution in [0.5, 0.6) is 0 Å². The van der Waals surface area contributed by atoms with Gasteiger partial charge in [-0.15, -0.1) is 0 Å². The third-order valence-corrected chi connectivity index (χ3v) is 1.70. The first kappa shape index (κ1) is 8.45. The zero-order valence-electron chi connectivity index (χ0n) is 5.97. The second-order valence-electron chi connectivity index (χ2n) is 2.57. The molecule has 1 aliphatic rings. The molecule has 0 aliphatic carbocycles. The number of aliphatic hydroxyl groups is 3. The van der Waals surface area contributed by atoms with Gasteiger partial charge in [0.15, 0.2) is 6.10 Å². The van der Waals surface area contributed by atoms with Gasteiger partial charge in [-0.2, -0.15) is 0 Å². The van der Waals surface area contributed by atoms with E-state index < -0.39 is 30.4 Å². The van der Waals surface area contributed by atoms with Crippen LogP contribution in [0.2, 0.25) is 0 Å². The lowest BCUT2D eigenvalue weighted by Gasteiger charge is -2.31. The van der Waals surface area contributed by atoms with Crippen molar-refractivity contribution in [3.05, 3.63) is 0 Å². The van der Waals surface area contributed by atoms with Crippen LogP contribution in [0.4, 0.5) is 0 Å². The number of esters is 1. The molecular weight excluding hydrogens is 152 g/mol. The highest BCUT2D eigenvalue weighted by molar-refractivity contribution is 5.76. The van der Waals surface area contributed by atoms with Crippen molar-refractivity contribution in [2.75, 3.05) is 0 Å². The van der Waals surface area contributed by atoms with Gasteiger partial charge in [0.2, 0.25) is 0 Å². The maximum absolute atomic E-state index is 10.6. The summed E-state index contributed by atoms with van der Waals surface area (Å²) in [5.41, 5.74) is 0. The highest BCUT2D eigenvalue weighted by Gasteiger charge is 2.41. The Morgan fingerprint density at radius 3 is 2.36 bits per heavy atom. The summed E-state index contributed by atoms with van der Waals surface area (Å²) in [6.07, 6.45) is -5.03. The van der Waals surface area contributed by atoms with Crippen molar-refractivity contribution in [3.63, 3.8) is 0 Å². The van der Waals surface area contributed by atoms with Crippen molar-refractivity contribution in [3.8, 4) is 0 Å². The molecule has 0 aromatic carbocycles. The first-order valence-electron chi connectivity index (χ1n) is 3.28. The Balaban J connectivity index is 2.70. The Kier molecular flexibility index (Phi) is 2.12. The topological polar surface area (TPSA) is 87.0 Å². The van der Waals surface area contributed by atoms with Crippen molar-refractivity contribution in [1.82, 2.24) is 0 Å². The van der Waals surface area contributed by atoms with E-state index in [0.29, 0.717) is 0 Å². The number of rotatable bonds is 0. The molecule has 3 N–H and O–H groups in total. The number of ether oxygens (including phenoxy) is 1. The molecular formula is C6H10O5. The molecule has 0 unspecified atom stereocenters. The molecule has 1 fully saturated rings. The summed E-state index contributed by atoms with van der Waals surface area (Å²) >= 11 is 0. The van der Waals surface area contributed by atoms with E-state index in [0.717, 1.165) is 0 Å². The summed E-state index contributed by atoms with van der Waals surface area (Å²) in [7, 11) is 0. The van der Waals surface area contributed by atoms with Gasteiger partial charge in [0.05, 0.1) is 0 Å². The van der Waals surface area contributed by atoms with Crippen LogP contribution >= 0.6 is 0 Å². The summed E-state index contributed by atoms with van der Waals surface area (Å²) in [5, 5.41) is 26.9. The first-order chi connectivity index (χ1) is 5.04. The monoisotopic (exact) mass is 162 g/mol. The fourth-order valence-corrected chi connectivity index (χ4v) is 0.927. The summed E-state index contributed by atoms with van der Waals surface area (Å²) in [6.45, 7) is 1.44. The molecule has 4 atom stereocenters. The normalized spacial score (nSPS) is 45.3. The first-order valence-corrected chi connectivity index (χ1v) is 3.28. The van der Waals surface area contributed by atoms with Gasteiger partial charge in [-0.05, 0) is 6.92 Å². The lowest BCUT2D eigenvalue weighted by Crippen LogP contribution is -2.54. The highest BCUT2D eigenvalue weighted by Crippen LogP contribution is 2.15. The molecule has 0 aromatic heterocycles. The smallest absolute Gasteiger partial charge is 0.338 e. The minimum atomic E-state index is -1.62. The maximum atomic E-state index is 10.6. The predicted molar refractivity (Wildman–Crippen MR) is 33.6 cm³/mol. The number of hydrogen-bond donors (Lipinski definition) is 3. The Bertz CT molecular complexity index is 168. The van der Waals surface area contributed by atoms with Gasteiger partial charge in [-0.3, -0.25) is 0 Å². The number of carbonyl (C=O) groups excluding carboxylic acids is 1. The van der Waals surface area contributed by atoms with E-state index >= 15 is 0 Å². The predicted octanol–water partition coefficient (Wildman–Crippen LogP) is -1.99. The molecule has 64 valence electrons. The standard InChI is InChI=1S/C6H10O5/c1-2-3(7)4(8)5(9)6(10)11-2/h2-5,7-9H,1H3/t2-,3-,4+,5-/m1/s1. The van der Waals surface area contributed by atoms with E-state index in [9.17, 15) is 4.79 Å². The van der Waals surface area contributed by atoms with Gasteiger partial charge in [0, 0.05) is 0 Å². The number of hydrogen-bond acceptors (Lipinski definition) is 5. The van der Waals surface area contributed by atoms with Crippen LogP contribution in [0.25, 0.3) is 0 Å². The molecule has 0 amide bonds. The Morgan fingerprint density at radius 2 is 1.82 bits per heavy atom. The third kappa shape index (κ3) is 1.35. The van der Waals surface area contributed by atoms with Crippen LogP contribution in [0.3, 0.4) is 0 Å². The molecule has 1 saturated heterocycles. The highest BCUT2D eigenvalue weighted by atomic mass is 16.6. The van der Waals surface area contributed by atoms with Crippen LogP contribution in [0, 0.1) is 0 Å². The quantitative estimate of drug-likeness (QED) is 0.359. The number of cyclic esters (lactones) is 1. The minimum absolute atomic E-state index is 0.763. The van der Waals surface area contributed by atoms with E-state index in [1.165, 1.54) is 6.92 Å². The van der Waals surface area contributed by atoms with Crippen molar-refractivity contribution in [2.24, 2.45) is 0 Å². The number of carbonyl (C=O) groups is 1. The molecule has 1 aliphatic heterocycles. The van der Waals surface area contributed by atoms with E-state index in [2.05, 4.69) is 4.74 Å². The molecule has 5 heteroatoms. The molecule has 0 spiro atoms. The average molecular weight is 162 g/mol. The van der Waals surface area contributed by atoms with Gasteiger partial charge in [0.1, 0.15) is 18.3 Å². The van der Waals surface area contributed by atoms with Crippen molar-refractivity contribution >= 4 is 5.97 Å². The molecule has 0 radical (unpaired) electrons. The lowest BCUT2D eigenvalue weighted by atomic mass is 10.0. The fourth-order valence-electron chi connectivity index (χ4n) is 0.927. The van der Waals surface area contributed by atoms with Gasteiger partial charge in [-0.1, -0.05) is 0 Å².